The van der Waals surface area contributed by atoms with E-state index in [9.17, 15) is 14.7 Å². The van der Waals surface area contributed by atoms with Crippen molar-refractivity contribution in [2.24, 2.45) is 5.73 Å². The number of nitrogen functional groups attached to an aromatic ring is 1. The molecule has 0 bridgehead atoms. The molecule has 2 atom stereocenters. The maximum Gasteiger partial charge on any atom is 0.259 e. The van der Waals surface area contributed by atoms with E-state index in [4.69, 9.17) is 15.9 Å². The molecule has 180 valence electrons. The van der Waals surface area contributed by atoms with Crippen molar-refractivity contribution in [1.29, 1.82) is 5.41 Å². The second-order valence-electron chi connectivity index (χ2n) is 8.36. The van der Waals surface area contributed by atoms with E-state index in [1.165, 1.54) is 5.56 Å². The summed E-state index contributed by atoms with van der Waals surface area (Å²) < 4.78 is 5.50. The molecule has 1 fully saturated rings. The van der Waals surface area contributed by atoms with Crippen LogP contribution < -0.4 is 16.0 Å². The van der Waals surface area contributed by atoms with Gasteiger partial charge in [0.1, 0.15) is 5.84 Å². The standard InChI is InChI=1S/C27H28N4O4/c28-25(29)20-11-13-21(14-12-20)30-26(33)23(32)24-27(34)31(15-16-35-24)22-8-4-7-19(17-22)10-9-18-5-2-1-3-6-18/h1-8,11-14,17,23-24,32H,9-10,15-16H2,(H3,28,29)(H,30,33)/t23-,24-/m1/s1. The van der Waals surface area contributed by atoms with Crippen molar-refractivity contribution >= 4 is 29.0 Å². The molecule has 2 amide bonds. The lowest BCUT2D eigenvalue weighted by atomic mass is 10.0. The molecule has 1 aliphatic rings. The van der Waals surface area contributed by atoms with Crippen LogP contribution in [0.4, 0.5) is 11.4 Å². The average molecular weight is 473 g/mol. The maximum absolute atomic E-state index is 13.2. The van der Waals surface area contributed by atoms with Gasteiger partial charge in [-0.25, -0.2) is 0 Å². The zero-order valence-electron chi connectivity index (χ0n) is 19.2. The van der Waals surface area contributed by atoms with Gasteiger partial charge in [-0.05, 0) is 60.4 Å². The fraction of sp³-hybridized carbons (Fsp3) is 0.222. The number of carbonyl (C=O) groups excluding carboxylic acids is 2. The smallest absolute Gasteiger partial charge is 0.259 e. The van der Waals surface area contributed by atoms with Crippen molar-refractivity contribution in [3.63, 3.8) is 0 Å². The van der Waals surface area contributed by atoms with Crippen LogP contribution in [0.5, 0.6) is 0 Å². The van der Waals surface area contributed by atoms with E-state index in [1.807, 2.05) is 42.5 Å². The fourth-order valence-corrected chi connectivity index (χ4v) is 3.99. The summed E-state index contributed by atoms with van der Waals surface area (Å²) in [4.78, 5) is 27.3. The number of aryl methyl sites for hydroxylation is 2. The Morgan fingerprint density at radius 1 is 1.06 bits per heavy atom. The average Bonchev–Trinajstić information content (AvgIpc) is 2.88. The van der Waals surface area contributed by atoms with E-state index in [-0.39, 0.29) is 12.4 Å². The Kier molecular flexibility index (Phi) is 7.54. The van der Waals surface area contributed by atoms with E-state index in [1.54, 1.807) is 29.2 Å². The normalized spacial score (nSPS) is 16.5. The highest BCUT2D eigenvalue weighted by molar-refractivity contribution is 6.04. The molecule has 35 heavy (non-hydrogen) atoms. The molecule has 1 heterocycles. The summed E-state index contributed by atoms with van der Waals surface area (Å²) >= 11 is 0. The predicted octanol–water partition coefficient (Wildman–Crippen LogP) is 2.49. The van der Waals surface area contributed by atoms with Crippen LogP contribution in [-0.2, 0) is 27.2 Å². The summed E-state index contributed by atoms with van der Waals surface area (Å²) in [7, 11) is 0. The van der Waals surface area contributed by atoms with E-state index in [2.05, 4.69) is 17.4 Å². The molecule has 3 aromatic rings. The van der Waals surface area contributed by atoms with Gasteiger partial charge in [-0.1, -0.05) is 42.5 Å². The van der Waals surface area contributed by atoms with Gasteiger partial charge < -0.3 is 25.8 Å². The molecule has 8 nitrogen and oxygen atoms in total. The Labute approximate surface area is 203 Å². The number of ether oxygens (including phenoxy) is 1. The summed E-state index contributed by atoms with van der Waals surface area (Å²) in [6, 6.07) is 24.2. The van der Waals surface area contributed by atoms with Gasteiger partial charge in [0, 0.05) is 23.5 Å². The SMILES string of the molecule is N=C(N)c1ccc(NC(=O)[C@H](O)[C@H]2OCCN(c3cccc(CCc4ccccc4)c3)C2=O)cc1. The Bertz CT molecular complexity index is 1200. The molecule has 0 saturated carbocycles. The number of amidine groups is 1. The molecule has 1 saturated heterocycles. The van der Waals surface area contributed by atoms with Crippen molar-refractivity contribution < 1.29 is 19.4 Å². The highest BCUT2D eigenvalue weighted by Gasteiger charge is 2.39. The van der Waals surface area contributed by atoms with Gasteiger partial charge in [-0.3, -0.25) is 15.0 Å². The number of rotatable bonds is 8. The van der Waals surface area contributed by atoms with Crippen molar-refractivity contribution in [3.8, 4) is 0 Å². The number of morpholine rings is 1. The molecule has 0 aromatic heterocycles. The van der Waals surface area contributed by atoms with Gasteiger partial charge in [-0.15, -0.1) is 0 Å². The van der Waals surface area contributed by atoms with Crippen LogP contribution in [0.25, 0.3) is 0 Å². The number of aliphatic hydroxyl groups is 1. The molecule has 3 aromatic carbocycles. The van der Waals surface area contributed by atoms with E-state index >= 15 is 0 Å². The van der Waals surface area contributed by atoms with E-state index < -0.39 is 24.0 Å². The zero-order valence-corrected chi connectivity index (χ0v) is 19.2. The fourth-order valence-electron chi connectivity index (χ4n) is 3.99. The topological polar surface area (TPSA) is 129 Å². The molecule has 8 heteroatoms. The number of nitrogens with two attached hydrogens (primary N) is 1. The number of hydrogen-bond donors (Lipinski definition) is 4. The Hall–Kier alpha value is -4.01. The monoisotopic (exact) mass is 472 g/mol. The van der Waals surface area contributed by atoms with Crippen LogP contribution in [-0.4, -0.2) is 48.1 Å². The van der Waals surface area contributed by atoms with Crippen molar-refractivity contribution in [3.05, 3.63) is 95.6 Å². The third kappa shape index (κ3) is 5.92. The molecule has 0 unspecified atom stereocenters. The molecule has 0 spiro atoms. The van der Waals surface area contributed by atoms with Gasteiger partial charge in [0.05, 0.1) is 6.61 Å². The van der Waals surface area contributed by atoms with Gasteiger partial charge in [0.15, 0.2) is 12.2 Å². The van der Waals surface area contributed by atoms with Crippen molar-refractivity contribution in [2.75, 3.05) is 23.4 Å². The summed E-state index contributed by atoms with van der Waals surface area (Å²) in [6.45, 7) is 0.528. The summed E-state index contributed by atoms with van der Waals surface area (Å²) in [5, 5.41) is 20.6. The number of amides is 2. The van der Waals surface area contributed by atoms with Crippen LogP contribution >= 0.6 is 0 Å². The largest absolute Gasteiger partial charge is 0.384 e. The number of nitrogens with one attached hydrogen (secondary N) is 2. The number of aliphatic hydroxyl groups excluding tert-OH is 1. The van der Waals surface area contributed by atoms with Crippen LogP contribution in [0.1, 0.15) is 16.7 Å². The molecule has 1 aliphatic heterocycles. The van der Waals surface area contributed by atoms with Crippen LogP contribution in [0.15, 0.2) is 78.9 Å². The first kappa shape index (κ1) is 24.1. The van der Waals surface area contributed by atoms with Gasteiger partial charge in [0.25, 0.3) is 11.8 Å². The molecular weight excluding hydrogens is 444 g/mol. The molecule has 0 radical (unpaired) electrons. The summed E-state index contributed by atoms with van der Waals surface area (Å²) in [6.07, 6.45) is -1.28. The van der Waals surface area contributed by atoms with Gasteiger partial charge in [0.2, 0.25) is 0 Å². The van der Waals surface area contributed by atoms with Gasteiger partial charge >= 0.3 is 0 Å². The Balaban J connectivity index is 1.41. The second-order valence-corrected chi connectivity index (χ2v) is 8.36. The third-order valence-corrected chi connectivity index (χ3v) is 5.91. The minimum absolute atomic E-state index is 0.0895. The number of hydrogen-bond acceptors (Lipinski definition) is 5. The lowest BCUT2D eigenvalue weighted by molar-refractivity contribution is -0.150. The first-order chi connectivity index (χ1) is 16.9. The molecule has 4 rings (SSSR count). The predicted molar refractivity (Wildman–Crippen MR) is 134 cm³/mol. The first-order valence-corrected chi connectivity index (χ1v) is 11.4. The van der Waals surface area contributed by atoms with Gasteiger partial charge in [-0.2, -0.15) is 0 Å². The first-order valence-electron chi connectivity index (χ1n) is 11.4. The van der Waals surface area contributed by atoms with Crippen molar-refractivity contribution in [2.45, 2.75) is 25.0 Å². The van der Waals surface area contributed by atoms with Crippen LogP contribution in [0.3, 0.4) is 0 Å². The summed E-state index contributed by atoms with van der Waals surface area (Å²) in [5.74, 6) is -1.31. The van der Waals surface area contributed by atoms with E-state index in [0.29, 0.717) is 23.5 Å². The number of anilines is 2. The molecule has 0 aliphatic carbocycles. The quantitative estimate of drug-likeness (QED) is 0.296. The molecular formula is C27H28N4O4. The summed E-state index contributed by atoms with van der Waals surface area (Å²) in [5.41, 5.74) is 9.40. The highest BCUT2D eigenvalue weighted by Crippen LogP contribution is 2.23. The Morgan fingerprint density at radius 3 is 2.46 bits per heavy atom. The lowest BCUT2D eigenvalue weighted by Crippen LogP contribution is -2.55. The minimum Gasteiger partial charge on any atom is -0.384 e. The minimum atomic E-state index is -1.68. The second kappa shape index (κ2) is 10.9. The third-order valence-electron chi connectivity index (χ3n) is 5.91. The highest BCUT2D eigenvalue weighted by atomic mass is 16.5. The lowest BCUT2D eigenvalue weighted by Gasteiger charge is -2.34. The van der Waals surface area contributed by atoms with Crippen molar-refractivity contribution in [1.82, 2.24) is 0 Å². The zero-order chi connectivity index (χ0) is 24.8. The van der Waals surface area contributed by atoms with Crippen LogP contribution in [0.2, 0.25) is 0 Å². The molecule has 5 N–H and O–H groups in total. The van der Waals surface area contributed by atoms with Crippen LogP contribution in [0, 0.1) is 5.41 Å². The number of nitrogens with zero attached hydrogens (tertiary/aromatic N) is 1. The Morgan fingerprint density at radius 2 is 1.74 bits per heavy atom. The number of carbonyl (C=O) groups is 2. The maximum atomic E-state index is 13.2. The number of benzene rings is 3. The van der Waals surface area contributed by atoms with E-state index in [0.717, 1.165) is 18.4 Å².